The summed E-state index contributed by atoms with van der Waals surface area (Å²) in [6, 6.07) is 11.5. The number of aromatic nitrogens is 3. The zero-order valence-corrected chi connectivity index (χ0v) is 18.2. The Bertz CT molecular complexity index is 1040. The van der Waals surface area contributed by atoms with Gasteiger partial charge in [-0.3, -0.25) is 4.79 Å². The molecule has 3 heterocycles. The van der Waals surface area contributed by atoms with Crippen LogP contribution in [0.25, 0.3) is 0 Å². The lowest BCUT2D eigenvalue weighted by molar-refractivity contribution is 0.0950. The van der Waals surface area contributed by atoms with Crippen molar-refractivity contribution in [2.45, 2.75) is 32.9 Å². The maximum Gasteiger partial charge on any atom is 0.256 e. The van der Waals surface area contributed by atoms with E-state index in [0.29, 0.717) is 34.5 Å². The Morgan fingerprint density at radius 1 is 1.13 bits per heavy atom. The van der Waals surface area contributed by atoms with Gasteiger partial charge in [-0.15, -0.1) is 0 Å². The maximum atomic E-state index is 12.8. The molecule has 0 saturated carbocycles. The number of benzene rings is 1. The summed E-state index contributed by atoms with van der Waals surface area (Å²) in [4.78, 5) is 19.6. The van der Waals surface area contributed by atoms with Crippen LogP contribution in [0.5, 0.6) is 0 Å². The van der Waals surface area contributed by atoms with Crippen LogP contribution in [0, 0.1) is 6.92 Å². The molecule has 0 aliphatic carbocycles. The van der Waals surface area contributed by atoms with E-state index >= 15 is 0 Å². The molecule has 1 amide bonds. The maximum absolute atomic E-state index is 12.8. The SMILES string of the molecule is Cc1nn(Cc2ccccc2Cl)c(Cl)c1C(=O)NCc1ccc(N2CCCC2)nc1. The number of carbonyl (C=O) groups excluding carboxylic acids is 1. The van der Waals surface area contributed by atoms with Crippen molar-refractivity contribution in [3.05, 3.63) is 75.2 Å². The normalized spacial score (nSPS) is 13.6. The lowest BCUT2D eigenvalue weighted by Crippen LogP contribution is -2.24. The molecule has 1 aliphatic rings. The first-order valence-electron chi connectivity index (χ1n) is 9.97. The predicted octanol–water partition coefficient (Wildman–Crippen LogP) is 4.47. The highest BCUT2D eigenvalue weighted by Crippen LogP contribution is 2.23. The summed E-state index contributed by atoms with van der Waals surface area (Å²) in [5.41, 5.74) is 2.78. The largest absolute Gasteiger partial charge is 0.357 e. The highest BCUT2D eigenvalue weighted by molar-refractivity contribution is 6.33. The molecule has 1 aliphatic heterocycles. The Labute approximate surface area is 185 Å². The van der Waals surface area contributed by atoms with E-state index in [0.717, 1.165) is 30.0 Å². The predicted molar refractivity (Wildman–Crippen MR) is 119 cm³/mol. The molecule has 1 saturated heterocycles. The summed E-state index contributed by atoms with van der Waals surface area (Å²) >= 11 is 12.7. The van der Waals surface area contributed by atoms with Gasteiger partial charge in [-0.1, -0.05) is 47.5 Å². The van der Waals surface area contributed by atoms with E-state index in [1.54, 1.807) is 11.6 Å². The molecule has 0 unspecified atom stereocenters. The minimum absolute atomic E-state index is 0.258. The van der Waals surface area contributed by atoms with Crippen LogP contribution in [-0.2, 0) is 13.1 Å². The smallest absolute Gasteiger partial charge is 0.256 e. The van der Waals surface area contributed by atoms with Gasteiger partial charge in [0.2, 0.25) is 0 Å². The summed E-state index contributed by atoms with van der Waals surface area (Å²) in [7, 11) is 0. The van der Waals surface area contributed by atoms with Gasteiger partial charge in [0.25, 0.3) is 5.91 Å². The van der Waals surface area contributed by atoms with Gasteiger partial charge >= 0.3 is 0 Å². The molecular weight excluding hydrogens is 421 g/mol. The summed E-state index contributed by atoms with van der Waals surface area (Å²) < 4.78 is 1.60. The first-order chi connectivity index (χ1) is 14.5. The number of hydrogen-bond acceptors (Lipinski definition) is 4. The fourth-order valence-corrected chi connectivity index (χ4v) is 4.14. The van der Waals surface area contributed by atoms with Gasteiger partial charge < -0.3 is 10.2 Å². The molecule has 8 heteroatoms. The minimum Gasteiger partial charge on any atom is -0.357 e. The van der Waals surface area contributed by atoms with Crippen LogP contribution in [0.4, 0.5) is 5.82 Å². The molecule has 3 aromatic rings. The summed E-state index contributed by atoms with van der Waals surface area (Å²) in [5, 5.41) is 8.28. The lowest BCUT2D eigenvalue weighted by Gasteiger charge is -2.16. The molecule has 0 spiro atoms. The summed E-state index contributed by atoms with van der Waals surface area (Å²) in [5.74, 6) is 0.730. The number of aryl methyl sites for hydroxylation is 1. The van der Waals surface area contributed by atoms with Crippen molar-refractivity contribution in [3.8, 4) is 0 Å². The van der Waals surface area contributed by atoms with Crippen molar-refractivity contribution in [2.24, 2.45) is 0 Å². The number of rotatable bonds is 6. The molecular formula is C22H23Cl2N5O. The standard InChI is InChI=1S/C22H23Cl2N5O/c1-15-20(21(24)29(27-15)14-17-6-2-3-7-18(17)23)22(30)26-13-16-8-9-19(25-12-16)28-10-4-5-11-28/h2-3,6-9,12H,4-5,10-11,13-14H2,1H3,(H,26,30). The molecule has 1 N–H and O–H groups in total. The monoisotopic (exact) mass is 443 g/mol. The Kier molecular flexibility index (Phi) is 6.25. The Hall–Kier alpha value is -2.57. The van der Waals surface area contributed by atoms with Crippen molar-refractivity contribution >= 4 is 34.9 Å². The van der Waals surface area contributed by atoms with Crippen LogP contribution < -0.4 is 10.2 Å². The van der Waals surface area contributed by atoms with E-state index < -0.39 is 0 Å². The van der Waals surface area contributed by atoms with Gasteiger partial charge in [-0.05, 0) is 43.0 Å². The Morgan fingerprint density at radius 2 is 1.90 bits per heavy atom. The third-order valence-corrected chi connectivity index (χ3v) is 6.02. The first kappa shape index (κ1) is 20.7. The van der Waals surface area contributed by atoms with Crippen molar-refractivity contribution < 1.29 is 4.79 Å². The third kappa shape index (κ3) is 4.45. The topological polar surface area (TPSA) is 63.1 Å². The fraction of sp³-hybridized carbons (Fsp3) is 0.318. The Morgan fingerprint density at radius 3 is 2.60 bits per heavy atom. The van der Waals surface area contributed by atoms with Crippen LogP contribution in [-0.4, -0.2) is 33.8 Å². The molecule has 0 atom stereocenters. The molecule has 0 radical (unpaired) electrons. The molecule has 1 fully saturated rings. The van der Waals surface area contributed by atoms with Gasteiger partial charge in [0.1, 0.15) is 11.0 Å². The second kappa shape index (κ2) is 9.06. The molecule has 1 aromatic carbocycles. The van der Waals surface area contributed by atoms with E-state index in [1.807, 2.05) is 42.6 Å². The Balaban J connectivity index is 1.42. The van der Waals surface area contributed by atoms with Gasteiger partial charge in [0, 0.05) is 30.9 Å². The van der Waals surface area contributed by atoms with E-state index in [-0.39, 0.29) is 5.91 Å². The van der Waals surface area contributed by atoms with Gasteiger partial charge in [-0.2, -0.15) is 5.10 Å². The van der Waals surface area contributed by atoms with Crippen LogP contribution in [0.15, 0.2) is 42.6 Å². The third-order valence-electron chi connectivity index (χ3n) is 5.26. The molecule has 4 rings (SSSR count). The van der Waals surface area contributed by atoms with Crippen LogP contribution in [0.1, 0.15) is 40.0 Å². The summed E-state index contributed by atoms with van der Waals surface area (Å²) in [6.07, 6.45) is 4.23. The van der Waals surface area contributed by atoms with Crippen LogP contribution >= 0.6 is 23.2 Å². The van der Waals surface area contributed by atoms with Crippen molar-refractivity contribution in [1.82, 2.24) is 20.1 Å². The van der Waals surface area contributed by atoms with Gasteiger partial charge in [0.15, 0.2) is 0 Å². The second-order valence-electron chi connectivity index (χ2n) is 7.40. The van der Waals surface area contributed by atoms with E-state index in [4.69, 9.17) is 23.2 Å². The van der Waals surface area contributed by atoms with E-state index in [1.165, 1.54) is 12.8 Å². The summed E-state index contributed by atoms with van der Waals surface area (Å²) in [6.45, 7) is 4.65. The zero-order valence-electron chi connectivity index (χ0n) is 16.7. The molecule has 156 valence electrons. The number of hydrogen-bond donors (Lipinski definition) is 1. The number of carbonyl (C=O) groups is 1. The molecule has 0 bridgehead atoms. The van der Waals surface area contributed by atoms with E-state index in [9.17, 15) is 4.79 Å². The quantitative estimate of drug-likeness (QED) is 0.610. The molecule has 6 nitrogen and oxygen atoms in total. The highest BCUT2D eigenvalue weighted by Gasteiger charge is 2.21. The number of amides is 1. The lowest BCUT2D eigenvalue weighted by atomic mass is 10.2. The van der Waals surface area contributed by atoms with Crippen LogP contribution in [0.2, 0.25) is 10.2 Å². The second-order valence-corrected chi connectivity index (χ2v) is 8.17. The number of pyridine rings is 1. The number of nitrogens with zero attached hydrogens (tertiary/aromatic N) is 4. The highest BCUT2D eigenvalue weighted by atomic mass is 35.5. The van der Waals surface area contributed by atoms with E-state index in [2.05, 4.69) is 20.3 Å². The average Bonchev–Trinajstić information content (AvgIpc) is 3.37. The molecule has 2 aromatic heterocycles. The minimum atomic E-state index is -0.258. The van der Waals surface area contributed by atoms with Gasteiger partial charge in [0.05, 0.1) is 17.8 Å². The number of halogens is 2. The molecule has 30 heavy (non-hydrogen) atoms. The fourth-order valence-electron chi connectivity index (χ4n) is 3.63. The zero-order chi connectivity index (χ0) is 21.1. The van der Waals surface area contributed by atoms with Crippen molar-refractivity contribution in [3.63, 3.8) is 0 Å². The first-order valence-corrected chi connectivity index (χ1v) is 10.7. The number of nitrogens with one attached hydrogen (secondary N) is 1. The van der Waals surface area contributed by atoms with Crippen LogP contribution in [0.3, 0.4) is 0 Å². The van der Waals surface area contributed by atoms with Crippen molar-refractivity contribution in [2.75, 3.05) is 18.0 Å². The van der Waals surface area contributed by atoms with Crippen molar-refractivity contribution in [1.29, 1.82) is 0 Å². The number of anilines is 1. The average molecular weight is 444 g/mol. The van der Waals surface area contributed by atoms with Gasteiger partial charge in [-0.25, -0.2) is 9.67 Å².